The van der Waals surface area contributed by atoms with Crippen LogP contribution in [0, 0.1) is 0 Å². The number of rotatable bonds is 6. The standard InChI is InChI=1S/C14H27N5O2S/c1-11(2)13-12(10-19(5)17-13)9-18(4)14(15-3)16-7-8-22(6,20)21/h10-11H,7-9H2,1-6H3,(H,15,16). The zero-order chi connectivity index (χ0) is 16.9. The van der Waals surface area contributed by atoms with E-state index in [0.717, 1.165) is 11.3 Å². The van der Waals surface area contributed by atoms with Crippen LogP contribution in [-0.2, 0) is 23.4 Å². The van der Waals surface area contributed by atoms with Crippen LogP contribution in [0.2, 0.25) is 0 Å². The molecule has 0 saturated carbocycles. The van der Waals surface area contributed by atoms with Crippen LogP contribution in [0.4, 0.5) is 0 Å². The summed E-state index contributed by atoms with van der Waals surface area (Å²) in [4.78, 5) is 6.16. The minimum absolute atomic E-state index is 0.0873. The molecule has 0 spiro atoms. The maximum absolute atomic E-state index is 11.2. The first kappa shape index (κ1) is 18.5. The topological polar surface area (TPSA) is 79.6 Å². The number of nitrogens with one attached hydrogen (secondary N) is 1. The monoisotopic (exact) mass is 329 g/mol. The molecule has 0 fully saturated rings. The van der Waals surface area contributed by atoms with Gasteiger partial charge in [0.2, 0.25) is 0 Å². The lowest BCUT2D eigenvalue weighted by atomic mass is 10.1. The summed E-state index contributed by atoms with van der Waals surface area (Å²) in [7, 11) is 2.54. The number of hydrogen-bond donors (Lipinski definition) is 1. The average Bonchev–Trinajstić information content (AvgIpc) is 2.74. The van der Waals surface area contributed by atoms with Crippen molar-refractivity contribution in [2.75, 3.05) is 32.6 Å². The Balaban J connectivity index is 2.72. The van der Waals surface area contributed by atoms with Crippen molar-refractivity contribution in [3.63, 3.8) is 0 Å². The van der Waals surface area contributed by atoms with E-state index in [1.165, 1.54) is 6.26 Å². The summed E-state index contributed by atoms with van der Waals surface area (Å²) in [5.74, 6) is 1.11. The first-order chi connectivity index (χ1) is 10.1. The van der Waals surface area contributed by atoms with Crippen molar-refractivity contribution in [2.45, 2.75) is 26.3 Å². The van der Waals surface area contributed by atoms with Crippen molar-refractivity contribution < 1.29 is 8.42 Å². The largest absolute Gasteiger partial charge is 0.355 e. The lowest BCUT2D eigenvalue weighted by Crippen LogP contribution is -2.40. The molecule has 0 bridgehead atoms. The Bertz CT molecular complexity index is 619. The number of nitrogens with zero attached hydrogens (tertiary/aromatic N) is 4. The zero-order valence-electron chi connectivity index (χ0n) is 14.3. The maximum Gasteiger partial charge on any atom is 0.193 e. The number of aliphatic imine (C=N–C) groups is 1. The minimum Gasteiger partial charge on any atom is -0.355 e. The maximum atomic E-state index is 11.2. The van der Waals surface area contributed by atoms with Crippen molar-refractivity contribution in [2.24, 2.45) is 12.0 Å². The number of hydrogen-bond acceptors (Lipinski definition) is 4. The van der Waals surface area contributed by atoms with Gasteiger partial charge in [-0.3, -0.25) is 9.67 Å². The summed E-state index contributed by atoms with van der Waals surface area (Å²) in [6.07, 6.45) is 3.24. The molecule has 0 saturated heterocycles. The third-order valence-corrected chi connectivity index (χ3v) is 4.17. The highest BCUT2D eigenvalue weighted by Gasteiger charge is 2.15. The summed E-state index contributed by atoms with van der Waals surface area (Å²) in [6, 6.07) is 0. The fourth-order valence-corrected chi connectivity index (χ4v) is 2.70. The highest BCUT2D eigenvalue weighted by Crippen LogP contribution is 2.18. The highest BCUT2D eigenvalue weighted by molar-refractivity contribution is 7.90. The number of aryl methyl sites for hydroxylation is 1. The Morgan fingerprint density at radius 2 is 2.14 bits per heavy atom. The van der Waals surface area contributed by atoms with Gasteiger partial charge in [0.15, 0.2) is 5.96 Å². The molecule has 1 heterocycles. The van der Waals surface area contributed by atoms with Crippen LogP contribution < -0.4 is 5.32 Å². The lowest BCUT2D eigenvalue weighted by Gasteiger charge is -2.22. The normalized spacial score (nSPS) is 12.8. The van der Waals surface area contributed by atoms with E-state index in [4.69, 9.17) is 0 Å². The smallest absolute Gasteiger partial charge is 0.193 e. The van der Waals surface area contributed by atoms with Gasteiger partial charge in [-0.1, -0.05) is 13.8 Å². The van der Waals surface area contributed by atoms with Gasteiger partial charge in [0.05, 0.1) is 11.4 Å². The van der Waals surface area contributed by atoms with Crippen molar-refractivity contribution in [1.29, 1.82) is 0 Å². The molecule has 0 aromatic carbocycles. The molecule has 0 radical (unpaired) electrons. The fourth-order valence-electron chi connectivity index (χ4n) is 2.23. The fraction of sp³-hybridized carbons (Fsp3) is 0.714. The Kier molecular flexibility index (Phi) is 6.40. The van der Waals surface area contributed by atoms with E-state index in [1.807, 2.05) is 29.9 Å². The number of aromatic nitrogens is 2. The number of guanidine groups is 1. The van der Waals surface area contributed by atoms with Crippen LogP contribution in [0.5, 0.6) is 0 Å². The molecule has 8 heteroatoms. The van der Waals surface area contributed by atoms with Crippen LogP contribution in [0.25, 0.3) is 0 Å². The molecule has 7 nitrogen and oxygen atoms in total. The third kappa shape index (κ3) is 5.67. The van der Waals surface area contributed by atoms with Gasteiger partial charge in [0, 0.05) is 52.2 Å². The van der Waals surface area contributed by atoms with Gasteiger partial charge in [-0.05, 0) is 5.92 Å². The van der Waals surface area contributed by atoms with Gasteiger partial charge in [-0.25, -0.2) is 8.42 Å². The molecule has 0 unspecified atom stereocenters. The first-order valence-electron chi connectivity index (χ1n) is 7.26. The van der Waals surface area contributed by atoms with Gasteiger partial charge in [-0.15, -0.1) is 0 Å². The third-order valence-electron chi connectivity index (χ3n) is 3.22. The summed E-state index contributed by atoms with van der Waals surface area (Å²) < 4.78 is 24.2. The van der Waals surface area contributed by atoms with Crippen LogP contribution in [-0.4, -0.2) is 61.7 Å². The molecular weight excluding hydrogens is 302 g/mol. The quantitative estimate of drug-likeness (QED) is 0.610. The SMILES string of the molecule is CN=C(NCCS(C)(=O)=O)N(C)Cc1cn(C)nc1C(C)C. The van der Waals surface area contributed by atoms with Crippen molar-refractivity contribution in [3.05, 3.63) is 17.5 Å². The van der Waals surface area contributed by atoms with Crippen LogP contribution in [0.3, 0.4) is 0 Å². The molecule has 0 aliphatic heterocycles. The predicted octanol–water partition coefficient (Wildman–Crippen LogP) is 0.595. The first-order valence-corrected chi connectivity index (χ1v) is 9.32. The Labute approximate surface area is 133 Å². The summed E-state index contributed by atoms with van der Waals surface area (Å²) in [5.41, 5.74) is 2.21. The predicted molar refractivity (Wildman–Crippen MR) is 89.8 cm³/mol. The van der Waals surface area contributed by atoms with E-state index in [2.05, 4.69) is 29.3 Å². The van der Waals surface area contributed by atoms with E-state index in [9.17, 15) is 8.42 Å². The molecule has 126 valence electrons. The summed E-state index contributed by atoms with van der Waals surface area (Å²) >= 11 is 0. The van der Waals surface area contributed by atoms with Crippen LogP contribution in [0.15, 0.2) is 11.2 Å². The summed E-state index contributed by atoms with van der Waals surface area (Å²) in [5, 5.41) is 7.56. The second-order valence-corrected chi connectivity index (χ2v) is 8.09. The van der Waals surface area contributed by atoms with Crippen molar-refractivity contribution >= 4 is 15.8 Å². The van der Waals surface area contributed by atoms with Gasteiger partial charge in [0.1, 0.15) is 9.84 Å². The van der Waals surface area contributed by atoms with E-state index >= 15 is 0 Å². The van der Waals surface area contributed by atoms with Crippen molar-refractivity contribution in [3.8, 4) is 0 Å². The van der Waals surface area contributed by atoms with E-state index in [-0.39, 0.29) is 5.75 Å². The second kappa shape index (κ2) is 7.62. The number of sulfone groups is 1. The highest BCUT2D eigenvalue weighted by atomic mass is 32.2. The van der Waals surface area contributed by atoms with E-state index < -0.39 is 9.84 Å². The molecule has 0 aliphatic carbocycles. The molecule has 22 heavy (non-hydrogen) atoms. The zero-order valence-corrected chi connectivity index (χ0v) is 15.1. The lowest BCUT2D eigenvalue weighted by molar-refractivity contribution is 0.475. The molecule has 1 aromatic rings. The second-order valence-electron chi connectivity index (χ2n) is 5.83. The van der Waals surface area contributed by atoms with Gasteiger partial charge in [0.25, 0.3) is 0 Å². The van der Waals surface area contributed by atoms with Gasteiger partial charge in [-0.2, -0.15) is 5.10 Å². The summed E-state index contributed by atoms with van der Waals surface area (Å²) in [6.45, 7) is 5.25. The Morgan fingerprint density at radius 3 is 2.64 bits per heavy atom. The molecule has 1 rings (SSSR count). The minimum atomic E-state index is -2.98. The van der Waals surface area contributed by atoms with Gasteiger partial charge < -0.3 is 10.2 Å². The van der Waals surface area contributed by atoms with E-state index in [0.29, 0.717) is 25.0 Å². The molecule has 0 amide bonds. The van der Waals surface area contributed by atoms with Gasteiger partial charge >= 0.3 is 0 Å². The Hall–Kier alpha value is -1.57. The average molecular weight is 329 g/mol. The van der Waals surface area contributed by atoms with Crippen LogP contribution >= 0.6 is 0 Å². The van der Waals surface area contributed by atoms with E-state index in [1.54, 1.807) is 7.05 Å². The van der Waals surface area contributed by atoms with Crippen molar-refractivity contribution in [1.82, 2.24) is 20.0 Å². The molecule has 0 aliphatic rings. The van der Waals surface area contributed by atoms with Crippen LogP contribution in [0.1, 0.15) is 31.0 Å². The Morgan fingerprint density at radius 1 is 1.50 bits per heavy atom. The molecule has 1 N–H and O–H groups in total. The molecule has 0 atom stereocenters. The molecule has 1 aromatic heterocycles. The molecular formula is C14H27N5O2S.